The standard InChI is InChI=1S/C32H27FN6O2S/c1-4-28(40)36-26-7-5-6-22(18-26)31(41)37-25-14-12-24(13-15-25)35-27-19-21(16-17-34-27)30-29(38-32(42-3)39(30)2)20-8-10-23(33)11-9-20/h4-19H,1H2,2-3H3,(H,34,35)(H,36,40)(H,37,41). The number of benzene rings is 3. The molecule has 0 aliphatic rings. The number of carbonyl (C=O) groups excluding carboxylic acids is 2. The van der Waals surface area contributed by atoms with Crippen molar-refractivity contribution >= 4 is 46.5 Å². The molecule has 2 heterocycles. The first-order chi connectivity index (χ1) is 20.3. The third-order valence-electron chi connectivity index (χ3n) is 6.38. The molecule has 0 unspecified atom stereocenters. The number of nitrogens with one attached hydrogen (secondary N) is 3. The van der Waals surface area contributed by atoms with Crippen LogP contribution >= 0.6 is 11.8 Å². The third-order valence-corrected chi connectivity index (χ3v) is 7.11. The lowest BCUT2D eigenvalue weighted by molar-refractivity contribution is -0.111. The lowest BCUT2D eigenvalue weighted by Gasteiger charge is -2.11. The minimum absolute atomic E-state index is 0.300. The van der Waals surface area contributed by atoms with Crippen molar-refractivity contribution in [3.05, 3.63) is 115 Å². The molecule has 0 aliphatic heterocycles. The molecule has 2 amide bonds. The van der Waals surface area contributed by atoms with Crippen LogP contribution < -0.4 is 16.0 Å². The van der Waals surface area contributed by atoms with Crippen LogP contribution in [0.15, 0.2) is 109 Å². The average molecular weight is 579 g/mol. The number of rotatable bonds is 9. The largest absolute Gasteiger partial charge is 0.340 e. The molecule has 2 aromatic heterocycles. The van der Waals surface area contributed by atoms with Gasteiger partial charge in [-0.25, -0.2) is 14.4 Å². The summed E-state index contributed by atoms with van der Waals surface area (Å²) >= 11 is 1.53. The maximum absolute atomic E-state index is 13.6. The molecule has 10 heteroatoms. The van der Waals surface area contributed by atoms with Crippen LogP contribution in [0.5, 0.6) is 0 Å². The van der Waals surface area contributed by atoms with Gasteiger partial charge in [0.2, 0.25) is 5.91 Å². The minimum atomic E-state index is -0.353. The second kappa shape index (κ2) is 12.5. The maximum Gasteiger partial charge on any atom is 0.255 e. The first-order valence-electron chi connectivity index (χ1n) is 12.9. The number of hydrogen-bond donors (Lipinski definition) is 3. The van der Waals surface area contributed by atoms with Crippen molar-refractivity contribution in [3.8, 4) is 22.5 Å². The van der Waals surface area contributed by atoms with Crippen LogP contribution in [0.1, 0.15) is 10.4 Å². The van der Waals surface area contributed by atoms with Gasteiger partial charge < -0.3 is 20.5 Å². The predicted octanol–water partition coefficient (Wildman–Crippen LogP) is 7.13. The van der Waals surface area contributed by atoms with E-state index in [1.807, 2.05) is 42.1 Å². The highest BCUT2D eigenvalue weighted by Gasteiger charge is 2.18. The van der Waals surface area contributed by atoms with Crippen LogP contribution in [-0.4, -0.2) is 32.6 Å². The number of halogens is 1. The lowest BCUT2D eigenvalue weighted by Crippen LogP contribution is -2.13. The summed E-state index contributed by atoms with van der Waals surface area (Å²) in [6.07, 6.45) is 4.85. The zero-order chi connectivity index (χ0) is 29.6. The molecular formula is C32H27FN6O2S. The molecule has 0 bridgehead atoms. The van der Waals surface area contributed by atoms with E-state index in [1.54, 1.807) is 54.7 Å². The topological polar surface area (TPSA) is 101 Å². The zero-order valence-electron chi connectivity index (χ0n) is 22.9. The Hall–Kier alpha value is -5.22. The Balaban J connectivity index is 1.32. The number of nitrogens with zero attached hydrogens (tertiary/aromatic N) is 3. The molecule has 0 atom stereocenters. The molecule has 210 valence electrons. The summed E-state index contributed by atoms with van der Waals surface area (Å²) < 4.78 is 15.6. The molecule has 0 spiro atoms. The van der Waals surface area contributed by atoms with Crippen LogP contribution in [0.3, 0.4) is 0 Å². The summed E-state index contributed by atoms with van der Waals surface area (Å²) in [5.41, 5.74) is 5.66. The van der Waals surface area contributed by atoms with Gasteiger partial charge in [-0.1, -0.05) is 24.4 Å². The predicted molar refractivity (Wildman–Crippen MR) is 167 cm³/mol. The van der Waals surface area contributed by atoms with E-state index in [4.69, 9.17) is 4.98 Å². The van der Waals surface area contributed by atoms with Gasteiger partial charge in [-0.3, -0.25) is 9.59 Å². The first kappa shape index (κ1) is 28.3. The second-order valence-corrected chi connectivity index (χ2v) is 10.00. The highest BCUT2D eigenvalue weighted by Crippen LogP contribution is 2.35. The van der Waals surface area contributed by atoms with Crippen molar-refractivity contribution in [1.82, 2.24) is 14.5 Å². The summed E-state index contributed by atoms with van der Waals surface area (Å²) in [5, 5.41) is 9.65. The van der Waals surface area contributed by atoms with Gasteiger partial charge in [0.1, 0.15) is 11.6 Å². The minimum Gasteiger partial charge on any atom is -0.340 e. The molecular weight excluding hydrogens is 551 g/mol. The number of hydrogen-bond acceptors (Lipinski definition) is 6. The number of amides is 2. The Morgan fingerprint density at radius 1 is 0.905 bits per heavy atom. The van der Waals surface area contributed by atoms with E-state index in [2.05, 4.69) is 27.5 Å². The summed E-state index contributed by atoms with van der Waals surface area (Å²) in [5.74, 6) is -0.336. The molecule has 0 saturated carbocycles. The molecule has 0 aliphatic carbocycles. The van der Waals surface area contributed by atoms with E-state index in [9.17, 15) is 14.0 Å². The second-order valence-electron chi connectivity index (χ2n) is 9.22. The Labute approximate surface area is 246 Å². The fourth-order valence-corrected chi connectivity index (χ4v) is 4.91. The monoisotopic (exact) mass is 578 g/mol. The molecule has 3 aromatic carbocycles. The number of pyridine rings is 1. The van der Waals surface area contributed by atoms with Crippen molar-refractivity contribution < 1.29 is 14.0 Å². The molecule has 5 aromatic rings. The zero-order valence-corrected chi connectivity index (χ0v) is 23.7. The Bertz CT molecular complexity index is 1770. The van der Waals surface area contributed by atoms with E-state index in [0.29, 0.717) is 22.8 Å². The fraction of sp³-hybridized carbons (Fsp3) is 0.0625. The molecule has 3 N–H and O–H groups in total. The number of thioether (sulfide) groups is 1. The van der Waals surface area contributed by atoms with E-state index in [1.165, 1.54) is 30.0 Å². The fourth-order valence-electron chi connectivity index (χ4n) is 4.37. The SMILES string of the molecule is C=CC(=O)Nc1cccc(C(=O)Nc2ccc(Nc3cc(-c4c(-c5ccc(F)cc5)nc(SC)n4C)ccn3)cc2)c1. The van der Waals surface area contributed by atoms with Crippen LogP contribution in [0.2, 0.25) is 0 Å². The van der Waals surface area contributed by atoms with E-state index < -0.39 is 0 Å². The van der Waals surface area contributed by atoms with Gasteiger partial charge in [-0.15, -0.1) is 0 Å². The summed E-state index contributed by atoms with van der Waals surface area (Å²) in [7, 11) is 1.95. The van der Waals surface area contributed by atoms with E-state index in [-0.39, 0.29) is 17.6 Å². The number of carbonyl (C=O) groups is 2. The molecule has 0 saturated heterocycles. The van der Waals surface area contributed by atoms with Crippen molar-refractivity contribution in [2.45, 2.75) is 5.16 Å². The van der Waals surface area contributed by atoms with Gasteiger partial charge in [0.05, 0.1) is 11.4 Å². The van der Waals surface area contributed by atoms with Crippen molar-refractivity contribution in [3.63, 3.8) is 0 Å². The maximum atomic E-state index is 13.6. The van der Waals surface area contributed by atoms with Crippen LogP contribution in [0, 0.1) is 5.82 Å². The van der Waals surface area contributed by atoms with Gasteiger partial charge in [-0.2, -0.15) is 0 Å². The van der Waals surface area contributed by atoms with Gasteiger partial charge in [-0.05, 0) is 91.2 Å². The van der Waals surface area contributed by atoms with Crippen LogP contribution in [0.4, 0.5) is 27.3 Å². The summed E-state index contributed by atoms with van der Waals surface area (Å²) in [4.78, 5) is 33.6. The smallest absolute Gasteiger partial charge is 0.255 e. The number of anilines is 4. The Kier molecular flexibility index (Phi) is 8.44. The van der Waals surface area contributed by atoms with Gasteiger partial charge in [0.25, 0.3) is 5.91 Å². The van der Waals surface area contributed by atoms with E-state index in [0.717, 1.165) is 33.4 Å². The molecule has 5 rings (SSSR count). The number of imidazole rings is 1. The van der Waals surface area contributed by atoms with Gasteiger partial charge in [0, 0.05) is 47.0 Å². The van der Waals surface area contributed by atoms with Gasteiger partial charge in [0.15, 0.2) is 5.16 Å². The Morgan fingerprint density at radius 2 is 1.64 bits per heavy atom. The normalized spacial score (nSPS) is 10.6. The molecule has 0 radical (unpaired) electrons. The highest BCUT2D eigenvalue weighted by molar-refractivity contribution is 7.98. The van der Waals surface area contributed by atoms with Crippen LogP contribution in [0.25, 0.3) is 22.5 Å². The quantitative estimate of drug-likeness (QED) is 0.127. The number of aromatic nitrogens is 3. The van der Waals surface area contributed by atoms with E-state index >= 15 is 0 Å². The van der Waals surface area contributed by atoms with Crippen molar-refractivity contribution in [2.75, 3.05) is 22.2 Å². The van der Waals surface area contributed by atoms with Crippen molar-refractivity contribution in [2.24, 2.45) is 7.05 Å². The molecule has 42 heavy (non-hydrogen) atoms. The van der Waals surface area contributed by atoms with Gasteiger partial charge >= 0.3 is 0 Å². The molecule has 8 nitrogen and oxygen atoms in total. The Morgan fingerprint density at radius 3 is 2.36 bits per heavy atom. The average Bonchev–Trinajstić information content (AvgIpc) is 3.34. The first-order valence-corrected chi connectivity index (χ1v) is 14.1. The summed E-state index contributed by atoms with van der Waals surface area (Å²) in [6, 6.07) is 24.0. The highest BCUT2D eigenvalue weighted by atomic mass is 32.2. The lowest BCUT2D eigenvalue weighted by atomic mass is 10.1. The summed E-state index contributed by atoms with van der Waals surface area (Å²) in [6.45, 7) is 3.43. The molecule has 0 fully saturated rings. The third kappa shape index (κ3) is 6.39. The van der Waals surface area contributed by atoms with Crippen molar-refractivity contribution in [1.29, 1.82) is 0 Å². The van der Waals surface area contributed by atoms with Crippen LogP contribution in [-0.2, 0) is 11.8 Å².